The number of ether oxygens (including phenoxy) is 1. The number of unbranched alkanes of at least 4 members (excludes halogenated alkanes) is 3. The third kappa shape index (κ3) is 11.4. The van der Waals surface area contributed by atoms with Gasteiger partial charge in [-0.15, -0.1) is 0 Å². The Morgan fingerprint density at radius 2 is 1.66 bits per heavy atom. The minimum Gasteiger partial charge on any atom is -0.444 e. The first-order valence-electron chi connectivity index (χ1n) is 14.5. The van der Waals surface area contributed by atoms with Crippen molar-refractivity contribution in [2.24, 2.45) is 5.92 Å². The molecule has 2 N–H and O–H groups in total. The summed E-state index contributed by atoms with van der Waals surface area (Å²) in [7, 11) is 0. The summed E-state index contributed by atoms with van der Waals surface area (Å²) in [6.45, 7) is 18.0. The van der Waals surface area contributed by atoms with E-state index >= 15 is 0 Å². The molecule has 0 saturated carbocycles. The summed E-state index contributed by atoms with van der Waals surface area (Å²) in [5.74, 6) is -0.597. The third-order valence-electron chi connectivity index (χ3n) is 6.72. The molecule has 0 aliphatic heterocycles. The molecule has 4 unspecified atom stereocenters. The van der Waals surface area contributed by atoms with Crippen LogP contribution in [0.2, 0.25) is 0 Å². The molecule has 0 aliphatic carbocycles. The summed E-state index contributed by atoms with van der Waals surface area (Å²) in [5, 5.41) is 5.98. The van der Waals surface area contributed by atoms with Crippen LogP contribution in [0, 0.1) is 12.8 Å². The lowest BCUT2D eigenvalue weighted by molar-refractivity contribution is -0.143. The normalized spacial score (nSPS) is 14.7. The predicted molar refractivity (Wildman–Crippen MR) is 155 cm³/mol. The highest BCUT2D eigenvalue weighted by molar-refractivity contribution is 5.92. The number of hydrogen-bond donors (Lipinski definition) is 2. The van der Waals surface area contributed by atoms with Gasteiger partial charge in [-0.2, -0.15) is 0 Å². The second-order valence-electron chi connectivity index (χ2n) is 11.6. The predicted octanol–water partition coefficient (Wildman–Crippen LogP) is 6.69. The number of carbonyl (C=O) groups is 3. The Hall–Kier alpha value is -2.57. The Morgan fingerprint density at radius 1 is 0.974 bits per heavy atom. The van der Waals surface area contributed by atoms with E-state index in [0.717, 1.165) is 49.7 Å². The summed E-state index contributed by atoms with van der Waals surface area (Å²) in [4.78, 5) is 42.6. The van der Waals surface area contributed by atoms with Crippen molar-refractivity contribution >= 4 is 17.9 Å². The molecule has 0 aromatic heterocycles. The van der Waals surface area contributed by atoms with Gasteiger partial charge < -0.3 is 20.3 Å². The molecule has 0 fully saturated rings. The lowest BCUT2D eigenvalue weighted by Crippen LogP contribution is -2.55. The van der Waals surface area contributed by atoms with Crippen LogP contribution in [0.4, 0.5) is 4.79 Å². The molecule has 0 spiro atoms. The zero-order valence-electron chi connectivity index (χ0n) is 25.4. The van der Waals surface area contributed by atoms with Crippen molar-refractivity contribution in [3.8, 4) is 0 Å². The first kappa shape index (κ1) is 33.5. The van der Waals surface area contributed by atoms with E-state index in [1.165, 1.54) is 0 Å². The van der Waals surface area contributed by atoms with E-state index in [0.29, 0.717) is 13.0 Å². The molecular formula is C31H53N3O4. The molecule has 216 valence electrons. The number of amides is 3. The molecule has 0 bridgehead atoms. The highest BCUT2D eigenvalue weighted by Gasteiger charge is 2.38. The first-order valence-corrected chi connectivity index (χ1v) is 14.5. The molecule has 4 atom stereocenters. The maximum atomic E-state index is 14.3. The number of alkyl carbamates (subject to hydrolysis) is 1. The van der Waals surface area contributed by atoms with Crippen LogP contribution in [0.3, 0.4) is 0 Å². The summed E-state index contributed by atoms with van der Waals surface area (Å²) >= 11 is 0. The van der Waals surface area contributed by atoms with E-state index in [4.69, 9.17) is 4.74 Å². The van der Waals surface area contributed by atoms with Crippen molar-refractivity contribution in [2.75, 3.05) is 6.54 Å². The van der Waals surface area contributed by atoms with Gasteiger partial charge in [0.2, 0.25) is 11.8 Å². The topological polar surface area (TPSA) is 87.7 Å². The maximum Gasteiger partial charge on any atom is 0.408 e. The van der Waals surface area contributed by atoms with Crippen LogP contribution in [0.5, 0.6) is 0 Å². The van der Waals surface area contributed by atoms with Crippen LogP contribution in [-0.2, 0) is 14.3 Å². The first-order chi connectivity index (χ1) is 17.8. The van der Waals surface area contributed by atoms with Gasteiger partial charge in [0.25, 0.3) is 0 Å². The fourth-order valence-corrected chi connectivity index (χ4v) is 4.51. The molecule has 7 nitrogen and oxygen atoms in total. The molecule has 1 rings (SSSR count). The molecular weight excluding hydrogens is 478 g/mol. The van der Waals surface area contributed by atoms with Crippen LogP contribution in [0.15, 0.2) is 24.3 Å². The Morgan fingerprint density at radius 3 is 2.21 bits per heavy atom. The second kappa shape index (κ2) is 16.4. The van der Waals surface area contributed by atoms with E-state index in [2.05, 4.69) is 24.5 Å². The average molecular weight is 532 g/mol. The van der Waals surface area contributed by atoms with Crippen LogP contribution >= 0.6 is 0 Å². The molecule has 38 heavy (non-hydrogen) atoms. The number of carbonyl (C=O) groups excluding carboxylic acids is 3. The van der Waals surface area contributed by atoms with Gasteiger partial charge in [-0.05, 0) is 58.9 Å². The monoisotopic (exact) mass is 531 g/mol. The van der Waals surface area contributed by atoms with Crippen molar-refractivity contribution in [1.82, 2.24) is 15.5 Å². The van der Waals surface area contributed by atoms with Crippen molar-refractivity contribution in [1.29, 1.82) is 0 Å². The largest absolute Gasteiger partial charge is 0.444 e. The Balaban J connectivity index is 3.52. The molecule has 0 aliphatic rings. The van der Waals surface area contributed by atoms with Gasteiger partial charge in [0, 0.05) is 12.6 Å². The van der Waals surface area contributed by atoms with Crippen LogP contribution in [-0.4, -0.2) is 47.0 Å². The number of nitrogens with zero attached hydrogens (tertiary/aromatic N) is 1. The molecule has 0 radical (unpaired) electrons. The molecule has 0 heterocycles. The van der Waals surface area contributed by atoms with E-state index in [9.17, 15) is 14.4 Å². The minimum absolute atomic E-state index is 0.0119. The Labute approximate surface area is 231 Å². The quantitative estimate of drug-likeness (QED) is 0.247. The zero-order valence-corrected chi connectivity index (χ0v) is 25.4. The maximum absolute atomic E-state index is 14.3. The number of nitrogens with one attached hydrogen (secondary N) is 2. The molecule has 7 heteroatoms. The summed E-state index contributed by atoms with van der Waals surface area (Å²) in [6, 6.07) is 6.17. The fourth-order valence-electron chi connectivity index (χ4n) is 4.51. The summed E-state index contributed by atoms with van der Waals surface area (Å²) in [6.07, 6.45) is 5.72. The lowest BCUT2D eigenvalue weighted by Gasteiger charge is -2.36. The Bertz CT molecular complexity index is 880. The number of hydrogen-bond acceptors (Lipinski definition) is 4. The number of benzene rings is 1. The van der Waals surface area contributed by atoms with Gasteiger partial charge in [-0.3, -0.25) is 9.59 Å². The van der Waals surface area contributed by atoms with E-state index in [1.807, 2.05) is 52.0 Å². The van der Waals surface area contributed by atoms with Crippen LogP contribution in [0.25, 0.3) is 0 Å². The van der Waals surface area contributed by atoms with Crippen molar-refractivity contribution in [3.63, 3.8) is 0 Å². The lowest BCUT2D eigenvalue weighted by atomic mass is 9.95. The minimum atomic E-state index is -0.811. The average Bonchev–Trinajstić information content (AvgIpc) is 2.82. The van der Waals surface area contributed by atoms with Crippen molar-refractivity contribution in [2.45, 2.75) is 131 Å². The third-order valence-corrected chi connectivity index (χ3v) is 6.72. The van der Waals surface area contributed by atoms with Gasteiger partial charge >= 0.3 is 6.09 Å². The molecule has 1 aromatic carbocycles. The molecule has 0 saturated heterocycles. The highest BCUT2D eigenvalue weighted by atomic mass is 16.6. The zero-order chi connectivity index (χ0) is 28.9. The standard InChI is InChI=1S/C31H53N3O4/c1-10-13-14-15-20-34(29(36)26(23(5)12-3)33-30(37)38-31(7,8)9)27(25-19-16-18-22(4)21-25)28(35)32-24(6)17-11-2/h16,18-19,21,23-24,26-27H,10-15,17,20H2,1-9H3,(H,32,35)(H,33,37). The number of aryl methyl sites for hydroxylation is 1. The van der Waals surface area contributed by atoms with E-state index in [1.54, 1.807) is 25.7 Å². The summed E-state index contributed by atoms with van der Waals surface area (Å²) < 4.78 is 5.49. The smallest absolute Gasteiger partial charge is 0.408 e. The van der Waals surface area contributed by atoms with Gasteiger partial charge in [0.15, 0.2) is 0 Å². The number of rotatable bonds is 15. The fraction of sp³-hybridized carbons (Fsp3) is 0.710. The van der Waals surface area contributed by atoms with Crippen molar-refractivity contribution < 1.29 is 19.1 Å². The van der Waals surface area contributed by atoms with Gasteiger partial charge in [-0.1, -0.05) is 89.6 Å². The highest BCUT2D eigenvalue weighted by Crippen LogP contribution is 2.26. The SMILES string of the molecule is CCCCCCN(C(=O)C(NC(=O)OC(C)(C)C)C(C)CC)C(C(=O)NC(C)CCC)c1cccc(C)c1. The van der Waals surface area contributed by atoms with Gasteiger partial charge in [-0.25, -0.2) is 4.79 Å². The molecule has 3 amide bonds. The van der Waals surface area contributed by atoms with Gasteiger partial charge in [0.1, 0.15) is 17.7 Å². The van der Waals surface area contributed by atoms with Crippen LogP contribution < -0.4 is 10.6 Å². The van der Waals surface area contributed by atoms with E-state index < -0.39 is 23.8 Å². The van der Waals surface area contributed by atoms with Gasteiger partial charge in [0.05, 0.1) is 0 Å². The second-order valence-corrected chi connectivity index (χ2v) is 11.6. The molecule has 1 aromatic rings. The Kier molecular flexibility index (Phi) is 14.4. The summed E-state index contributed by atoms with van der Waals surface area (Å²) in [5.41, 5.74) is 1.10. The van der Waals surface area contributed by atoms with Crippen LogP contribution in [0.1, 0.15) is 118 Å². The van der Waals surface area contributed by atoms with E-state index in [-0.39, 0.29) is 23.8 Å². The van der Waals surface area contributed by atoms with Crippen molar-refractivity contribution in [3.05, 3.63) is 35.4 Å².